The van der Waals surface area contributed by atoms with Gasteiger partial charge in [0.2, 0.25) is 0 Å². The van der Waals surface area contributed by atoms with Gasteiger partial charge in [-0.2, -0.15) is 0 Å². The van der Waals surface area contributed by atoms with Gasteiger partial charge in [0, 0.05) is 16.6 Å². The van der Waals surface area contributed by atoms with Crippen LogP contribution in [0.3, 0.4) is 0 Å². The van der Waals surface area contributed by atoms with Crippen LogP contribution < -0.4 is 5.32 Å². The molecular weight excluding hydrogens is 336 g/mol. The van der Waals surface area contributed by atoms with Crippen LogP contribution in [0.1, 0.15) is 40.5 Å². The predicted octanol–water partition coefficient (Wildman–Crippen LogP) is 4.36. The Hall–Kier alpha value is -2.66. The third kappa shape index (κ3) is 3.15. The monoisotopic (exact) mass is 352 g/mol. The van der Waals surface area contributed by atoms with E-state index in [1.807, 2.05) is 49.4 Å². The van der Waals surface area contributed by atoms with Gasteiger partial charge in [0.25, 0.3) is 5.91 Å². The Labute approximate surface area is 150 Å². The standard InChI is InChI=1S/C19H17ClN4O/c1-12-7-10-14(11-16(12)20)21-19(25)17-18(13-8-9-13)24(23-22-17)15-5-3-2-4-6-15/h2-7,10-11,13H,8-9H2,1H3,(H,21,25). The molecule has 1 aliphatic rings. The number of carbonyl (C=O) groups is 1. The summed E-state index contributed by atoms with van der Waals surface area (Å²) in [5.41, 5.74) is 3.78. The second-order valence-corrected chi connectivity index (χ2v) is 6.67. The maximum Gasteiger partial charge on any atom is 0.278 e. The molecule has 25 heavy (non-hydrogen) atoms. The lowest BCUT2D eigenvalue weighted by atomic mass is 10.2. The zero-order valence-corrected chi connectivity index (χ0v) is 14.5. The van der Waals surface area contributed by atoms with Crippen molar-refractivity contribution in [3.8, 4) is 5.69 Å². The number of hydrogen-bond donors (Lipinski definition) is 1. The van der Waals surface area contributed by atoms with Gasteiger partial charge >= 0.3 is 0 Å². The number of anilines is 1. The Morgan fingerprint density at radius 3 is 2.64 bits per heavy atom. The second kappa shape index (κ2) is 6.33. The van der Waals surface area contributed by atoms with Crippen LogP contribution in [-0.4, -0.2) is 20.9 Å². The van der Waals surface area contributed by atoms with Gasteiger partial charge in [0.05, 0.1) is 11.4 Å². The van der Waals surface area contributed by atoms with E-state index < -0.39 is 0 Å². The fourth-order valence-electron chi connectivity index (χ4n) is 2.79. The molecule has 0 radical (unpaired) electrons. The van der Waals surface area contributed by atoms with Crippen molar-refractivity contribution in [2.24, 2.45) is 0 Å². The minimum Gasteiger partial charge on any atom is -0.320 e. The van der Waals surface area contributed by atoms with E-state index in [2.05, 4.69) is 15.6 Å². The quantitative estimate of drug-likeness (QED) is 0.759. The molecule has 1 aromatic heterocycles. The Bertz CT molecular complexity index is 932. The average Bonchev–Trinajstić information content (AvgIpc) is 3.36. The van der Waals surface area contributed by atoms with E-state index in [1.165, 1.54) is 0 Å². The Morgan fingerprint density at radius 2 is 1.96 bits per heavy atom. The molecule has 0 saturated heterocycles. The molecule has 4 rings (SSSR count). The molecule has 6 heteroatoms. The zero-order valence-electron chi connectivity index (χ0n) is 13.7. The van der Waals surface area contributed by atoms with Crippen LogP contribution in [0.4, 0.5) is 5.69 Å². The first kappa shape index (κ1) is 15.8. The Balaban J connectivity index is 1.67. The highest BCUT2D eigenvalue weighted by molar-refractivity contribution is 6.31. The van der Waals surface area contributed by atoms with Crippen molar-refractivity contribution in [3.63, 3.8) is 0 Å². The van der Waals surface area contributed by atoms with Gasteiger partial charge in [-0.25, -0.2) is 4.68 Å². The fourth-order valence-corrected chi connectivity index (χ4v) is 2.98. The number of aromatic nitrogens is 3. The van der Waals surface area contributed by atoms with Crippen LogP contribution in [0.25, 0.3) is 5.69 Å². The van der Waals surface area contributed by atoms with Crippen molar-refractivity contribution in [2.75, 3.05) is 5.32 Å². The summed E-state index contributed by atoms with van der Waals surface area (Å²) in [6, 6.07) is 15.2. The number of aryl methyl sites for hydroxylation is 1. The first-order valence-corrected chi connectivity index (χ1v) is 8.60. The third-order valence-corrected chi connectivity index (χ3v) is 4.72. The van der Waals surface area contributed by atoms with E-state index in [9.17, 15) is 4.79 Å². The summed E-state index contributed by atoms with van der Waals surface area (Å²) in [5.74, 6) is 0.0709. The topological polar surface area (TPSA) is 59.8 Å². The van der Waals surface area contributed by atoms with Crippen molar-refractivity contribution >= 4 is 23.2 Å². The Morgan fingerprint density at radius 1 is 1.20 bits per heavy atom. The highest BCUT2D eigenvalue weighted by atomic mass is 35.5. The summed E-state index contributed by atoms with van der Waals surface area (Å²) in [5, 5.41) is 11.9. The van der Waals surface area contributed by atoms with Gasteiger partial charge in [-0.15, -0.1) is 5.10 Å². The third-order valence-electron chi connectivity index (χ3n) is 4.31. The number of hydrogen-bond acceptors (Lipinski definition) is 3. The smallest absolute Gasteiger partial charge is 0.278 e. The van der Waals surface area contributed by atoms with Crippen LogP contribution >= 0.6 is 11.6 Å². The van der Waals surface area contributed by atoms with Crippen molar-refractivity contribution in [1.29, 1.82) is 0 Å². The van der Waals surface area contributed by atoms with Crippen molar-refractivity contribution in [2.45, 2.75) is 25.7 Å². The van der Waals surface area contributed by atoms with Gasteiger partial charge in [-0.3, -0.25) is 4.79 Å². The lowest BCUT2D eigenvalue weighted by Gasteiger charge is -2.08. The molecule has 1 aliphatic carbocycles. The molecule has 0 aliphatic heterocycles. The maximum absolute atomic E-state index is 12.7. The molecule has 1 heterocycles. The summed E-state index contributed by atoms with van der Waals surface area (Å²) in [4.78, 5) is 12.7. The summed E-state index contributed by atoms with van der Waals surface area (Å²) in [6.07, 6.45) is 2.10. The summed E-state index contributed by atoms with van der Waals surface area (Å²) in [7, 11) is 0. The van der Waals surface area contributed by atoms with Crippen molar-refractivity contribution in [3.05, 3.63) is 70.5 Å². The maximum atomic E-state index is 12.7. The molecule has 5 nitrogen and oxygen atoms in total. The number of halogens is 1. The van der Waals surface area contributed by atoms with Crippen molar-refractivity contribution < 1.29 is 4.79 Å². The van der Waals surface area contributed by atoms with E-state index in [0.29, 0.717) is 22.3 Å². The largest absolute Gasteiger partial charge is 0.320 e. The average molecular weight is 353 g/mol. The number of nitrogens with one attached hydrogen (secondary N) is 1. The highest BCUT2D eigenvalue weighted by Gasteiger charge is 2.34. The van der Waals surface area contributed by atoms with Gasteiger partial charge in [0.15, 0.2) is 5.69 Å². The van der Waals surface area contributed by atoms with E-state index in [-0.39, 0.29) is 5.91 Å². The molecule has 1 amide bonds. The SMILES string of the molecule is Cc1ccc(NC(=O)c2nnn(-c3ccccc3)c2C2CC2)cc1Cl. The van der Waals surface area contributed by atoms with Crippen LogP contribution in [0.15, 0.2) is 48.5 Å². The minimum atomic E-state index is -0.260. The van der Waals surface area contributed by atoms with Crippen LogP contribution in [0.2, 0.25) is 5.02 Å². The number of carbonyl (C=O) groups excluding carboxylic acids is 1. The van der Waals surface area contributed by atoms with Crippen LogP contribution in [-0.2, 0) is 0 Å². The molecule has 2 aromatic carbocycles. The molecule has 1 fully saturated rings. The number of nitrogens with zero attached hydrogens (tertiary/aromatic N) is 3. The number of para-hydroxylation sites is 1. The lowest BCUT2D eigenvalue weighted by molar-refractivity contribution is 0.102. The first-order valence-electron chi connectivity index (χ1n) is 8.22. The summed E-state index contributed by atoms with van der Waals surface area (Å²) >= 11 is 6.14. The molecule has 0 bridgehead atoms. The molecule has 0 spiro atoms. The summed E-state index contributed by atoms with van der Waals surface area (Å²) in [6.45, 7) is 1.92. The van der Waals surface area contributed by atoms with Gasteiger partial charge in [-0.05, 0) is 49.6 Å². The van der Waals surface area contributed by atoms with Crippen LogP contribution in [0, 0.1) is 6.92 Å². The molecule has 126 valence electrons. The molecule has 1 N–H and O–H groups in total. The number of amides is 1. The number of benzene rings is 2. The molecule has 1 saturated carbocycles. The Kier molecular flexibility index (Phi) is 4.01. The normalized spacial score (nSPS) is 13.7. The molecular formula is C19H17ClN4O. The first-order chi connectivity index (χ1) is 12.1. The molecule has 0 atom stereocenters. The van der Waals surface area contributed by atoms with Crippen molar-refractivity contribution in [1.82, 2.24) is 15.0 Å². The molecule has 0 unspecified atom stereocenters. The van der Waals surface area contributed by atoms with Gasteiger partial charge in [0.1, 0.15) is 0 Å². The zero-order chi connectivity index (χ0) is 17.4. The highest BCUT2D eigenvalue weighted by Crippen LogP contribution is 2.42. The lowest BCUT2D eigenvalue weighted by Crippen LogP contribution is -2.15. The fraction of sp³-hybridized carbons (Fsp3) is 0.211. The van der Waals surface area contributed by atoms with Gasteiger partial charge in [-0.1, -0.05) is 41.1 Å². The predicted molar refractivity (Wildman–Crippen MR) is 97.5 cm³/mol. The summed E-state index contributed by atoms with van der Waals surface area (Å²) < 4.78 is 1.77. The van der Waals surface area contributed by atoms with E-state index in [0.717, 1.165) is 29.8 Å². The van der Waals surface area contributed by atoms with Gasteiger partial charge < -0.3 is 5.32 Å². The van der Waals surface area contributed by atoms with Crippen LogP contribution in [0.5, 0.6) is 0 Å². The van der Waals surface area contributed by atoms with E-state index in [1.54, 1.807) is 10.7 Å². The minimum absolute atomic E-state index is 0.260. The second-order valence-electron chi connectivity index (χ2n) is 6.26. The number of rotatable bonds is 4. The molecule has 3 aromatic rings. The van der Waals surface area contributed by atoms with E-state index >= 15 is 0 Å². The van der Waals surface area contributed by atoms with E-state index in [4.69, 9.17) is 11.6 Å².